The van der Waals surface area contributed by atoms with E-state index in [1.165, 1.54) is 0 Å². The minimum absolute atomic E-state index is 0.0608. The lowest BCUT2D eigenvalue weighted by Gasteiger charge is -2.20. The summed E-state index contributed by atoms with van der Waals surface area (Å²) in [5, 5.41) is 13.3. The smallest absolute Gasteiger partial charge is 0.122 e. The van der Waals surface area contributed by atoms with E-state index in [9.17, 15) is 5.11 Å². The summed E-state index contributed by atoms with van der Waals surface area (Å²) < 4.78 is 0. The summed E-state index contributed by atoms with van der Waals surface area (Å²) in [4.78, 5) is 7.30. The molecular weight excluding hydrogens is 226 g/mol. The van der Waals surface area contributed by atoms with Crippen LogP contribution in [0.2, 0.25) is 0 Å². The molecule has 0 amide bonds. The van der Waals surface area contributed by atoms with Gasteiger partial charge in [0, 0.05) is 24.0 Å². The zero-order valence-electron chi connectivity index (χ0n) is 10.9. The van der Waals surface area contributed by atoms with Crippen LogP contribution >= 0.6 is 0 Å². The predicted octanol–water partition coefficient (Wildman–Crippen LogP) is 2.84. The molecule has 4 heteroatoms. The highest BCUT2D eigenvalue weighted by Crippen LogP contribution is 2.26. The lowest BCUT2D eigenvalue weighted by atomic mass is 10.0. The summed E-state index contributed by atoms with van der Waals surface area (Å²) in [5.41, 5.74) is 1.96. The fraction of sp³-hybridized carbons (Fsp3) is 0.357. The molecule has 96 valence electrons. The maximum atomic E-state index is 9.94. The fourth-order valence-corrected chi connectivity index (χ4v) is 2.08. The van der Waals surface area contributed by atoms with E-state index in [1.807, 2.05) is 39.1 Å². The Kier molecular flexibility index (Phi) is 3.67. The monoisotopic (exact) mass is 245 g/mol. The Labute approximate surface area is 107 Å². The average Bonchev–Trinajstić information content (AvgIpc) is 2.81. The van der Waals surface area contributed by atoms with Gasteiger partial charge in [0.05, 0.1) is 6.04 Å². The number of phenolic OH excluding ortho intramolecular Hbond substituents is 1. The van der Waals surface area contributed by atoms with Crippen LogP contribution in [0.5, 0.6) is 5.75 Å². The zero-order valence-corrected chi connectivity index (χ0v) is 10.9. The number of imidazole rings is 1. The number of phenols is 1. The second-order valence-electron chi connectivity index (χ2n) is 4.65. The first-order chi connectivity index (χ1) is 8.58. The van der Waals surface area contributed by atoms with Gasteiger partial charge in [-0.15, -0.1) is 0 Å². The number of hydrogen-bond donors (Lipinski definition) is 3. The molecule has 2 aromatic rings. The van der Waals surface area contributed by atoms with Crippen molar-refractivity contribution in [2.75, 3.05) is 0 Å². The van der Waals surface area contributed by atoms with Crippen LogP contribution in [0.4, 0.5) is 0 Å². The summed E-state index contributed by atoms with van der Waals surface area (Å²) in [5.74, 6) is 1.23. The molecular formula is C14H19N3O. The second kappa shape index (κ2) is 5.23. The first-order valence-electron chi connectivity index (χ1n) is 6.12. The molecule has 1 aromatic carbocycles. The summed E-state index contributed by atoms with van der Waals surface area (Å²) in [6, 6.07) is 5.91. The number of nitrogens with zero attached hydrogens (tertiary/aromatic N) is 1. The third-order valence-electron chi connectivity index (χ3n) is 3.08. The van der Waals surface area contributed by atoms with Gasteiger partial charge in [-0.1, -0.05) is 12.1 Å². The third-order valence-corrected chi connectivity index (χ3v) is 3.08. The SMILES string of the molecule is Cc1ccc(C(C)NC(C)c2ncc[nH]2)c(O)c1. The van der Waals surface area contributed by atoms with Crippen molar-refractivity contribution in [3.63, 3.8) is 0 Å². The first-order valence-corrected chi connectivity index (χ1v) is 6.12. The van der Waals surface area contributed by atoms with Crippen molar-refractivity contribution in [2.45, 2.75) is 32.9 Å². The van der Waals surface area contributed by atoms with Crippen LogP contribution in [0.15, 0.2) is 30.6 Å². The van der Waals surface area contributed by atoms with Gasteiger partial charge in [-0.3, -0.25) is 0 Å². The summed E-state index contributed by atoms with van der Waals surface area (Å²) in [6.45, 7) is 6.04. The van der Waals surface area contributed by atoms with Gasteiger partial charge in [-0.25, -0.2) is 4.98 Å². The van der Waals surface area contributed by atoms with Gasteiger partial charge in [0.1, 0.15) is 11.6 Å². The van der Waals surface area contributed by atoms with Crippen molar-refractivity contribution in [3.05, 3.63) is 47.5 Å². The average molecular weight is 245 g/mol. The number of aromatic hydroxyl groups is 1. The molecule has 0 spiro atoms. The van der Waals surface area contributed by atoms with Gasteiger partial charge in [0.25, 0.3) is 0 Å². The van der Waals surface area contributed by atoms with Crippen LogP contribution in [0, 0.1) is 6.92 Å². The van der Waals surface area contributed by atoms with Crippen molar-refractivity contribution >= 4 is 0 Å². The lowest BCUT2D eigenvalue weighted by Crippen LogP contribution is -2.23. The highest BCUT2D eigenvalue weighted by molar-refractivity contribution is 5.37. The Morgan fingerprint density at radius 2 is 2.06 bits per heavy atom. The first kappa shape index (κ1) is 12.6. The number of hydrogen-bond acceptors (Lipinski definition) is 3. The van der Waals surface area contributed by atoms with Crippen LogP contribution < -0.4 is 5.32 Å². The molecule has 0 fully saturated rings. The van der Waals surface area contributed by atoms with Crippen LogP contribution in [-0.4, -0.2) is 15.1 Å². The molecule has 0 aliphatic rings. The Balaban J connectivity index is 2.10. The van der Waals surface area contributed by atoms with Crippen molar-refractivity contribution in [2.24, 2.45) is 0 Å². The van der Waals surface area contributed by atoms with Crippen LogP contribution in [0.1, 0.15) is 42.9 Å². The largest absolute Gasteiger partial charge is 0.508 e. The quantitative estimate of drug-likeness (QED) is 0.776. The van der Waals surface area contributed by atoms with E-state index in [0.29, 0.717) is 5.75 Å². The Hall–Kier alpha value is -1.81. The van der Waals surface area contributed by atoms with E-state index in [1.54, 1.807) is 12.3 Å². The number of aromatic nitrogens is 2. The number of rotatable bonds is 4. The topological polar surface area (TPSA) is 60.9 Å². The van der Waals surface area contributed by atoms with E-state index in [0.717, 1.165) is 17.0 Å². The Morgan fingerprint density at radius 3 is 2.67 bits per heavy atom. The third kappa shape index (κ3) is 2.71. The fourth-order valence-electron chi connectivity index (χ4n) is 2.08. The molecule has 0 aliphatic carbocycles. The number of benzene rings is 1. The van der Waals surface area contributed by atoms with E-state index in [2.05, 4.69) is 15.3 Å². The maximum absolute atomic E-state index is 9.94. The molecule has 1 aromatic heterocycles. The lowest BCUT2D eigenvalue weighted by molar-refractivity contribution is 0.433. The van der Waals surface area contributed by atoms with Gasteiger partial charge >= 0.3 is 0 Å². The second-order valence-corrected chi connectivity index (χ2v) is 4.65. The predicted molar refractivity (Wildman–Crippen MR) is 71.4 cm³/mol. The highest BCUT2D eigenvalue weighted by atomic mass is 16.3. The molecule has 0 radical (unpaired) electrons. The Morgan fingerprint density at radius 1 is 1.28 bits per heavy atom. The van der Waals surface area contributed by atoms with Gasteiger partial charge in [0.2, 0.25) is 0 Å². The van der Waals surface area contributed by atoms with Gasteiger partial charge < -0.3 is 15.4 Å². The summed E-state index contributed by atoms with van der Waals surface area (Å²) in [7, 11) is 0. The number of H-pyrrole nitrogens is 1. The zero-order chi connectivity index (χ0) is 13.1. The number of aromatic amines is 1. The molecule has 1 heterocycles. The van der Waals surface area contributed by atoms with Crippen molar-refractivity contribution < 1.29 is 5.11 Å². The molecule has 2 rings (SSSR count). The number of aryl methyl sites for hydroxylation is 1. The molecule has 0 saturated heterocycles. The standard InChI is InChI=1S/C14H19N3O/c1-9-4-5-12(13(18)8-9)10(2)17-11(3)14-15-6-7-16-14/h4-8,10-11,17-18H,1-3H3,(H,15,16). The minimum Gasteiger partial charge on any atom is -0.508 e. The summed E-state index contributed by atoms with van der Waals surface area (Å²) >= 11 is 0. The van der Waals surface area contributed by atoms with Gasteiger partial charge in [0.15, 0.2) is 0 Å². The molecule has 4 nitrogen and oxygen atoms in total. The van der Waals surface area contributed by atoms with Crippen molar-refractivity contribution in [3.8, 4) is 5.75 Å². The Bertz CT molecular complexity index is 508. The highest BCUT2D eigenvalue weighted by Gasteiger charge is 2.15. The van der Waals surface area contributed by atoms with Crippen LogP contribution in [0.3, 0.4) is 0 Å². The minimum atomic E-state index is 0.0608. The molecule has 0 aliphatic heterocycles. The molecule has 18 heavy (non-hydrogen) atoms. The van der Waals surface area contributed by atoms with Gasteiger partial charge in [-0.2, -0.15) is 0 Å². The van der Waals surface area contributed by atoms with E-state index < -0.39 is 0 Å². The van der Waals surface area contributed by atoms with E-state index in [4.69, 9.17) is 0 Å². The van der Waals surface area contributed by atoms with E-state index in [-0.39, 0.29) is 12.1 Å². The summed E-state index contributed by atoms with van der Waals surface area (Å²) in [6.07, 6.45) is 3.54. The molecule has 3 N–H and O–H groups in total. The molecule has 2 atom stereocenters. The van der Waals surface area contributed by atoms with Gasteiger partial charge in [-0.05, 0) is 32.4 Å². The van der Waals surface area contributed by atoms with Crippen LogP contribution in [-0.2, 0) is 0 Å². The van der Waals surface area contributed by atoms with Crippen molar-refractivity contribution in [1.82, 2.24) is 15.3 Å². The maximum Gasteiger partial charge on any atom is 0.122 e. The molecule has 0 saturated carbocycles. The molecule has 0 bridgehead atoms. The normalized spacial score (nSPS) is 14.4. The van der Waals surface area contributed by atoms with Crippen LogP contribution in [0.25, 0.3) is 0 Å². The molecule has 2 unspecified atom stereocenters. The number of nitrogens with one attached hydrogen (secondary N) is 2. The van der Waals surface area contributed by atoms with E-state index >= 15 is 0 Å². The van der Waals surface area contributed by atoms with Crippen molar-refractivity contribution in [1.29, 1.82) is 0 Å².